The number of nitrogens with two attached hydrogens (primary N) is 1. The smallest absolute Gasteiger partial charge is 0.402 e. The third kappa shape index (κ3) is 5.69. The zero-order valence-corrected chi connectivity index (χ0v) is 20.1. The summed E-state index contributed by atoms with van der Waals surface area (Å²) in [4.78, 5) is 8.47. The maximum atomic E-state index is 13.9. The van der Waals surface area contributed by atoms with Crippen molar-refractivity contribution in [3.63, 3.8) is 0 Å². The first-order chi connectivity index (χ1) is 16.4. The first-order valence-corrected chi connectivity index (χ1v) is 12.9. The van der Waals surface area contributed by atoms with E-state index in [1.807, 2.05) is 6.92 Å². The van der Waals surface area contributed by atoms with Gasteiger partial charge in [-0.05, 0) is 42.8 Å². The minimum atomic E-state index is -4.07. The van der Waals surface area contributed by atoms with Crippen molar-refractivity contribution in [3.8, 4) is 11.8 Å². The molecule has 0 fully saturated rings. The Hall–Kier alpha value is -3.52. The highest BCUT2D eigenvalue weighted by atomic mass is 32.2. The topological polar surface area (TPSA) is 108 Å². The van der Waals surface area contributed by atoms with Crippen molar-refractivity contribution in [1.29, 1.82) is 0 Å². The number of para-hydroxylation sites is 1. The van der Waals surface area contributed by atoms with Gasteiger partial charge in [0.25, 0.3) is 10.0 Å². The second-order valence-corrected chi connectivity index (χ2v) is 10.7. The van der Waals surface area contributed by atoms with Gasteiger partial charge in [0.2, 0.25) is 11.8 Å². The van der Waals surface area contributed by atoms with Crippen LogP contribution in [0.4, 0.5) is 5.69 Å². The summed E-state index contributed by atoms with van der Waals surface area (Å²) in [5.74, 6) is 0.435. The van der Waals surface area contributed by atoms with E-state index in [-0.39, 0.29) is 23.2 Å². The van der Waals surface area contributed by atoms with E-state index >= 15 is 0 Å². The number of aromatic nitrogens is 2. The molecule has 34 heavy (non-hydrogen) atoms. The number of pyridine rings is 2. The Bertz CT molecular complexity index is 1280. The minimum absolute atomic E-state index is 0.0751. The van der Waals surface area contributed by atoms with Crippen LogP contribution in [-0.2, 0) is 16.6 Å². The van der Waals surface area contributed by atoms with E-state index in [1.54, 1.807) is 97.3 Å². The molecule has 4 aromatic rings. The van der Waals surface area contributed by atoms with Crippen molar-refractivity contribution in [1.82, 2.24) is 14.0 Å². The molecule has 4 rings (SSSR count). The summed E-state index contributed by atoms with van der Waals surface area (Å²) in [6, 6.07) is 23.9. The summed E-state index contributed by atoms with van der Waals surface area (Å²) in [6.45, 7) is 1.81. The summed E-state index contributed by atoms with van der Waals surface area (Å²) >= 11 is 0. The van der Waals surface area contributed by atoms with Gasteiger partial charge < -0.3 is 14.8 Å². The van der Waals surface area contributed by atoms with Gasteiger partial charge in [-0.15, -0.1) is 4.08 Å². The number of hydrogen-bond acceptors (Lipinski definition) is 7. The van der Waals surface area contributed by atoms with Crippen LogP contribution in [0.2, 0.25) is 0 Å². The van der Waals surface area contributed by atoms with Crippen LogP contribution < -0.4 is 14.8 Å². The molecule has 2 aromatic heterocycles. The molecule has 174 valence electrons. The normalized spacial score (nSPS) is 11.5. The molecular weight excluding hydrogens is 471 g/mol. The van der Waals surface area contributed by atoms with Gasteiger partial charge in [0.1, 0.15) is 0 Å². The average Bonchev–Trinajstić information content (AvgIpc) is 2.85. The Morgan fingerprint density at radius 1 is 0.824 bits per heavy atom. The lowest BCUT2D eigenvalue weighted by Gasteiger charge is -2.28. The van der Waals surface area contributed by atoms with Crippen LogP contribution in [0.1, 0.15) is 11.1 Å². The molecule has 10 heteroatoms. The second-order valence-electron chi connectivity index (χ2n) is 7.25. The maximum absolute atomic E-state index is 13.9. The molecule has 2 aromatic carbocycles. The Morgan fingerprint density at radius 2 is 1.38 bits per heavy atom. The van der Waals surface area contributed by atoms with Crippen LogP contribution in [0.5, 0.6) is 11.8 Å². The van der Waals surface area contributed by atoms with E-state index in [1.165, 1.54) is 4.08 Å². The Morgan fingerprint density at radius 3 is 1.91 bits per heavy atom. The van der Waals surface area contributed by atoms with Gasteiger partial charge in [-0.2, -0.15) is 0 Å². The molecule has 0 aliphatic heterocycles. The first-order valence-electron chi connectivity index (χ1n) is 10.3. The Labute approximate surface area is 200 Å². The van der Waals surface area contributed by atoms with Crippen LogP contribution >= 0.6 is 8.53 Å². The van der Waals surface area contributed by atoms with Crippen LogP contribution in [0.15, 0.2) is 102 Å². The zero-order valence-electron chi connectivity index (χ0n) is 18.4. The molecule has 0 spiro atoms. The molecule has 2 heterocycles. The number of sulfonamides is 1. The van der Waals surface area contributed by atoms with Crippen molar-refractivity contribution in [3.05, 3.63) is 108 Å². The number of anilines is 1. The zero-order chi connectivity index (χ0) is 24.0. The highest BCUT2D eigenvalue weighted by Gasteiger charge is 2.38. The molecule has 0 atom stereocenters. The highest BCUT2D eigenvalue weighted by molar-refractivity contribution is 7.93. The summed E-state index contributed by atoms with van der Waals surface area (Å²) in [5, 5.41) is 0. The minimum Gasteiger partial charge on any atom is -0.408 e. The molecule has 0 radical (unpaired) electrons. The van der Waals surface area contributed by atoms with E-state index in [0.29, 0.717) is 11.3 Å². The standard InChI is InChI=1S/C24H23N4O4PS/c1-19-12-14-21(15-13-19)34(29,30)28(18-20-8-2-3-9-22(20)25)33(31-23-10-4-6-16-26-23)32-24-11-5-7-17-27-24/h2-17H,18,25H2,1H3. The lowest BCUT2D eigenvalue weighted by Crippen LogP contribution is -2.30. The fourth-order valence-corrected chi connectivity index (χ4v) is 6.20. The van der Waals surface area contributed by atoms with Crippen LogP contribution in [0.25, 0.3) is 0 Å². The third-order valence-corrected chi connectivity index (χ3v) is 8.55. The van der Waals surface area contributed by atoms with E-state index < -0.39 is 18.5 Å². The molecule has 8 nitrogen and oxygen atoms in total. The molecule has 0 amide bonds. The molecule has 2 N–H and O–H groups in total. The van der Waals surface area contributed by atoms with E-state index in [2.05, 4.69) is 9.97 Å². The van der Waals surface area contributed by atoms with Crippen LogP contribution in [0.3, 0.4) is 0 Å². The van der Waals surface area contributed by atoms with Crippen molar-refractivity contribution in [2.24, 2.45) is 0 Å². The van der Waals surface area contributed by atoms with Gasteiger partial charge in [-0.3, -0.25) is 0 Å². The Balaban J connectivity index is 1.80. The summed E-state index contributed by atoms with van der Waals surface area (Å²) in [6.07, 6.45) is 3.11. The van der Waals surface area contributed by atoms with Gasteiger partial charge in [0, 0.05) is 30.2 Å². The molecule has 0 bridgehead atoms. The van der Waals surface area contributed by atoms with Crippen molar-refractivity contribution >= 4 is 24.2 Å². The van der Waals surface area contributed by atoms with E-state index in [9.17, 15) is 8.42 Å². The van der Waals surface area contributed by atoms with Crippen molar-refractivity contribution < 1.29 is 17.5 Å². The lowest BCUT2D eigenvalue weighted by molar-refractivity contribution is 0.405. The predicted octanol–water partition coefficient (Wildman–Crippen LogP) is 4.94. The number of benzene rings is 2. The monoisotopic (exact) mass is 494 g/mol. The largest absolute Gasteiger partial charge is 0.408 e. The summed E-state index contributed by atoms with van der Waals surface area (Å²) in [5.41, 5.74) is 8.16. The third-order valence-electron chi connectivity index (χ3n) is 4.76. The fraction of sp³-hybridized carbons (Fsp3) is 0.0833. The molecule has 0 unspecified atom stereocenters. The number of hydrogen-bond donors (Lipinski definition) is 1. The average molecular weight is 495 g/mol. The summed E-state index contributed by atoms with van der Waals surface area (Å²) in [7, 11) is -6.34. The molecule has 0 aliphatic rings. The van der Waals surface area contributed by atoms with Gasteiger partial charge >= 0.3 is 8.53 Å². The number of nitrogens with zero attached hydrogens (tertiary/aromatic N) is 3. The number of nitrogen functional groups attached to an aromatic ring is 1. The van der Waals surface area contributed by atoms with Crippen LogP contribution in [-0.4, -0.2) is 22.5 Å². The SMILES string of the molecule is Cc1ccc(S(=O)(=O)N(Cc2ccccc2N)P(Oc2ccccn2)Oc2ccccn2)cc1. The molecule has 0 saturated carbocycles. The highest BCUT2D eigenvalue weighted by Crippen LogP contribution is 2.47. The maximum Gasteiger partial charge on any atom is 0.402 e. The number of aryl methyl sites for hydroxylation is 1. The van der Waals surface area contributed by atoms with Gasteiger partial charge in [0.05, 0.1) is 11.4 Å². The molecule has 0 aliphatic carbocycles. The van der Waals surface area contributed by atoms with Crippen LogP contribution in [0, 0.1) is 6.92 Å². The van der Waals surface area contributed by atoms with Gasteiger partial charge in [0.15, 0.2) is 0 Å². The van der Waals surface area contributed by atoms with Gasteiger partial charge in [-0.1, -0.05) is 48.0 Å². The van der Waals surface area contributed by atoms with Gasteiger partial charge in [-0.25, -0.2) is 18.4 Å². The second kappa shape index (κ2) is 10.6. The first kappa shape index (κ1) is 23.6. The number of rotatable bonds is 9. The molecule has 0 saturated heterocycles. The quantitative estimate of drug-likeness (QED) is 0.259. The fourth-order valence-electron chi connectivity index (χ4n) is 2.96. The Kier molecular flexibility index (Phi) is 7.37. The lowest BCUT2D eigenvalue weighted by atomic mass is 10.2. The summed E-state index contributed by atoms with van der Waals surface area (Å²) < 4.78 is 41.0. The van der Waals surface area contributed by atoms with E-state index in [0.717, 1.165) is 5.56 Å². The van der Waals surface area contributed by atoms with E-state index in [4.69, 9.17) is 14.8 Å². The van der Waals surface area contributed by atoms with Crippen molar-refractivity contribution in [2.45, 2.75) is 18.4 Å². The van der Waals surface area contributed by atoms with Crippen molar-refractivity contribution in [2.75, 3.05) is 5.73 Å². The molecular formula is C24H23N4O4PS. The predicted molar refractivity (Wildman–Crippen MR) is 131 cm³/mol.